The standard InChI is InChI=1S/C12H17N5O2/c1-18-10-6-9(7-11(8-10)19-2)17-12(4-3-5-13)14-15-16-17/h6-8H,3-5,13H2,1-2H3. The molecular formula is C12H17N5O2. The quantitative estimate of drug-likeness (QED) is 0.819. The second kappa shape index (κ2) is 6.14. The predicted octanol–water partition coefficient (Wildman–Crippen LogP) is 0.571. The van der Waals surface area contributed by atoms with Crippen molar-refractivity contribution in [2.75, 3.05) is 20.8 Å². The molecule has 19 heavy (non-hydrogen) atoms. The van der Waals surface area contributed by atoms with Gasteiger partial charge in [0, 0.05) is 24.6 Å². The summed E-state index contributed by atoms with van der Waals surface area (Å²) in [6.07, 6.45) is 1.56. The lowest BCUT2D eigenvalue weighted by atomic mass is 10.2. The van der Waals surface area contributed by atoms with Gasteiger partial charge in [0.25, 0.3) is 0 Å². The lowest BCUT2D eigenvalue weighted by molar-refractivity contribution is 0.393. The van der Waals surface area contributed by atoms with Gasteiger partial charge in [-0.1, -0.05) is 0 Å². The second-order valence-corrected chi connectivity index (χ2v) is 3.97. The third-order valence-electron chi connectivity index (χ3n) is 2.72. The number of aryl methyl sites for hydroxylation is 1. The highest BCUT2D eigenvalue weighted by Gasteiger charge is 2.10. The maximum Gasteiger partial charge on any atom is 0.156 e. The average Bonchev–Trinajstić information content (AvgIpc) is 2.92. The molecule has 0 spiro atoms. The first kappa shape index (κ1) is 13.3. The van der Waals surface area contributed by atoms with E-state index >= 15 is 0 Å². The number of benzene rings is 1. The van der Waals surface area contributed by atoms with Crippen LogP contribution in [0.4, 0.5) is 0 Å². The first-order chi connectivity index (χ1) is 9.28. The Morgan fingerprint density at radius 3 is 2.42 bits per heavy atom. The number of ether oxygens (including phenoxy) is 2. The number of nitrogens with two attached hydrogens (primary N) is 1. The van der Waals surface area contributed by atoms with Crippen molar-refractivity contribution in [2.24, 2.45) is 5.73 Å². The summed E-state index contributed by atoms with van der Waals surface area (Å²) in [6, 6.07) is 5.50. The van der Waals surface area contributed by atoms with E-state index in [0.29, 0.717) is 18.0 Å². The van der Waals surface area contributed by atoms with Crippen LogP contribution in [0.5, 0.6) is 11.5 Å². The molecule has 0 unspecified atom stereocenters. The molecule has 2 N–H and O–H groups in total. The first-order valence-corrected chi connectivity index (χ1v) is 5.99. The van der Waals surface area contributed by atoms with Gasteiger partial charge in [-0.05, 0) is 23.4 Å². The van der Waals surface area contributed by atoms with Crippen LogP contribution in [0.2, 0.25) is 0 Å². The van der Waals surface area contributed by atoms with Gasteiger partial charge < -0.3 is 15.2 Å². The van der Waals surface area contributed by atoms with Crippen molar-refractivity contribution in [1.82, 2.24) is 20.2 Å². The fraction of sp³-hybridized carbons (Fsp3) is 0.417. The molecule has 1 aromatic heterocycles. The molecule has 2 rings (SSSR count). The molecule has 2 aromatic rings. The Balaban J connectivity index is 2.37. The smallest absolute Gasteiger partial charge is 0.156 e. The molecule has 0 atom stereocenters. The molecule has 0 bridgehead atoms. The van der Waals surface area contributed by atoms with E-state index < -0.39 is 0 Å². The maximum absolute atomic E-state index is 5.51. The number of hydrogen-bond acceptors (Lipinski definition) is 6. The largest absolute Gasteiger partial charge is 0.497 e. The van der Waals surface area contributed by atoms with Crippen molar-refractivity contribution < 1.29 is 9.47 Å². The van der Waals surface area contributed by atoms with Gasteiger partial charge in [-0.2, -0.15) is 4.68 Å². The molecule has 0 amide bonds. The van der Waals surface area contributed by atoms with Crippen molar-refractivity contribution in [2.45, 2.75) is 12.8 Å². The molecule has 7 heteroatoms. The van der Waals surface area contributed by atoms with Crippen LogP contribution in [0.1, 0.15) is 12.2 Å². The van der Waals surface area contributed by atoms with E-state index in [2.05, 4.69) is 15.5 Å². The lowest BCUT2D eigenvalue weighted by Crippen LogP contribution is -2.07. The van der Waals surface area contributed by atoms with E-state index in [0.717, 1.165) is 24.4 Å². The Morgan fingerprint density at radius 2 is 1.84 bits per heavy atom. The Kier molecular flexibility index (Phi) is 4.30. The fourth-order valence-corrected chi connectivity index (χ4v) is 1.74. The molecule has 0 aliphatic rings. The monoisotopic (exact) mass is 263 g/mol. The molecule has 0 saturated carbocycles. The highest BCUT2D eigenvalue weighted by atomic mass is 16.5. The summed E-state index contributed by atoms with van der Waals surface area (Å²) in [6.45, 7) is 0.605. The zero-order valence-electron chi connectivity index (χ0n) is 11.0. The van der Waals surface area contributed by atoms with Crippen LogP contribution in [-0.2, 0) is 6.42 Å². The molecule has 0 aliphatic carbocycles. The van der Waals surface area contributed by atoms with Gasteiger partial charge >= 0.3 is 0 Å². The molecule has 1 heterocycles. The zero-order chi connectivity index (χ0) is 13.7. The topological polar surface area (TPSA) is 88.1 Å². The predicted molar refractivity (Wildman–Crippen MR) is 69.6 cm³/mol. The van der Waals surface area contributed by atoms with Gasteiger partial charge in [0.05, 0.1) is 19.9 Å². The third-order valence-corrected chi connectivity index (χ3v) is 2.72. The summed E-state index contributed by atoms with van der Waals surface area (Å²) in [7, 11) is 3.21. The van der Waals surface area contributed by atoms with Crippen molar-refractivity contribution >= 4 is 0 Å². The maximum atomic E-state index is 5.51. The Morgan fingerprint density at radius 1 is 1.16 bits per heavy atom. The molecule has 102 valence electrons. The van der Waals surface area contributed by atoms with Crippen molar-refractivity contribution in [3.05, 3.63) is 24.0 Å². The average molecular weight is 263 g/mol. The molecule has 0 saturated heterocycles. The first-order valence-electron chi connectivity index (χ1n) is 5.99. The minimum atomic E-state index is 0.605. The lowest BCUT2D eigenvalue weighted by Gasteiger charge is -2.09. The van der Waals surface area contributed by atoms with Gasteiger partial charge in [-0.3, -0.25) is 0 Å². The summed E-state index contributed by atoms with van der Waals surface area (Å²) < 4.78 is 12.1. The molecule has 0 radical (unpaired) electrons. The van der Waals surface area contributed by atoms with E-state index in [9.17, 15) is 0 Å². The van der Waals surface area contributed by atoms with Crippen LogP contribution in [0.15, 0.2) is 18.2 Å². The minimum Gasteiger partial charge on any atom is -0.497 e. The van der Waals surface area contributed by atoms with Gasteiger partial charge in [0.1, 0.15) is 11.5 Å². The summed E-state index contributed by atoms with van der Waals surface area (Å²) in [5, 5.41) is 11.7. The highest BCUT2D eigenvalue weighted by molar-refractivity contribution is 5.46. The minimum absolute atomic E-state index is 0.605. The van der Waals surface area contributed by atoms with E-state index in [4.69, 9.17) is 15.2 Å². The summed E-state index contributed by atoms with van der Waals surface area (Å²) >= 11 is 0. The second-order valence-electron chi connectivity index (χ2n) is 3.97. The number of hydrogen-bond donors (Lipinski definition) is 1. The SMILES string of the molecule is COc1cc(OC)cc(-n2nnnc2CCCN)c1. The van der Waals surface area contributed by atoms with Crippen molar-refractivity contribution in [1.29, 1.82) is 0 Å². The van der Waals surface area contributed by atoms with Gasteiger partial charge in [0.15, 0.2) is 5.82 Å². The van der Waals surface area contributed by atoms with E-state index in [1.165, 1.54) is 0 Å². The zero-order valence-corrected chi connectivity index (χ0v) is 11.0. The van der Waals surface area contributed by atoms with Crippen LogP contribution in [0.3, 0.4) is 0 Å². The Labute approximate surface area is 111 Å². The van der Waals surface area contributed by atoms with Crippen LogP contribution in [-0.4, -0.2) is 41.0 Å². The highest BCUT2D eigenvalue weighted by Crippen LogP contribution is 2.25. The number of aromatic nitrogens is 4. The van der Waals surface area contributed by atoms with E-state index in [-0.39, 0.29) is 0 Å². The molecule has 1 aromatic carbocycles. The van der Waals surface area contributed by atoms with Crippen molar-refractivity contribution in [3.63, 3.8) is 0 Å². The van der Waals surface area contributed by atoms with E-state index in [1.54, 1.807) is 25.0 Å². The molecular weight excluding hydrogens is 246 g/mol. The summed E-state index contributed by atoms with van der Waals surface area (Å²) in [5.74, 6) is 2.14. The number of methoxy groups -OCH3 is 2. The van der Waals surface area contributed by atoms with Gasteiger partial charge in [-0.25, -0.2) is 0 Å². The number of rotatable bonds is 6. The molecule has 0 fully saturated rings. The van der Waals surface area contributed by atoms with Crippen LogP contribution in [0, 0.1) is 0 Å². The third kappa shape index (κ3) is 3.00. The Hall–Kier alpha value is -2.15. The van der Waals surface area contributed by atoms with Crippen molar-refractivity contribution in [3.8, 4) is 17.2 Å². The summed E-state index contributed by atoms with van der Waals surface area (Å²) in [5.41, 5.74) is 6.31. The normalized spacial score (nSPS) is 10.5. The fourth-order valence-electron chi connectivity index (χ4n) is 1.74. The van der Waals surface area contributed by atoms with Crippen LogP contribution < -0.4 is 15.2 Å². The summed E-state index contributed by atoms with van der Waals surface area (Å²) in [4.78, 5) is 0. The van der Waals surface area contributed by atoms with Gasteiger partial charge in [0.2, 0.25) is 0 Å². The van der Waals surface area contributed by atoms with Crippen LogP contribution in [0.25, 0.3) is 5.69 Å². The van der Waals surface area contributed by atoms with E-state index in [1.807, 2.05) is 12.1 Å². The molecule has 0 aliphatic heterocycles. The van der Waals surface area contributed by atoms with Crippen LogP contribution >= 0.6 is 0 Å². The molecule has 7 nitrogen and oxygen atoms in total. The van der Waals surface area contributed by atoms with Gasteiger partial charge in [-0.15, -0.1) is 5.10 Å². The number of tetrazole rings is 1. The Bertz CT molecular complexity index is 518. The number of nitrogens with zero attached hydrogens (tertiary/aromatic N) is 4.